The van der Waals surface area contributed by atoms with Crippen LogP contribution < -0.4 is 10.1 Å². The fourth-order valence-electron chi connectivity index (χ4n) is 3.03. The number of carbonyl (C=O) groups is 1. The van der Waals surface area contributed by atoms with Crippen molar-refractivity contribution in [3.8, 4) is 17.0 Å². The number of furan rings is 1. The van der Waals surface area contributed by atoms with Gasteiger partial charge >= 0.3 is 0 Å². The topological polar surface area (TPSA) is 80.2 Å². The number of carbonyl (C=O) groups excluding carboxylic acids is 1. The highest BCUT2D eigenvalue weighted by Crippen LogP contribution is 2.28. The number of amides is 1. The molecular weight excluding hydrogens is 342 g/mol. The lowest BCUT2D eigenvalue weighted by atomic mass is 10.1. The molecule has 0 aliphatic rings. The number of aromatic nitrogens is 2. The number of hydrogen-bond acceptors (Lipinski definition) is 4. The first-order chi connectivity index (χ1) is 13.2. The number of fused-ring (bicyclic) bond motifs is 1. The highest BCUT2D eigenvalue weighted by atomic mass is 16.5. The average Bonchev–Trinajstić information content (AvgIpc) is 3.35. The van der Waals surface area contributed by atoms with Crippen molar-refractivity contribution in [1.29, 1.82) is 0 Å². The quantitative estimate of drug-likeness (QED) is 0.561. The van der Waals surface area contributed by atoms with Gasteiger partial charge in [0.1, 0.15) is 11.3 Å². The van der Waals surface area contributed by atoms with Crippen LogP contribution in [0.5, 0.6) is 5.75 Å². The molecule has 0 radical (unpaired) electrons. The Labute approximate surface area is 156 Å². The van der Waals surface area contributed by atoms with Crippen molar-refractivity contribution in [1.82, 2.24) is 15.5 Å². The van der Waals surface area contributed by atoms with Gasteiger partial charge in [-0.1, -0.05) is 24.3 Å². The van der Waals surface area contributed by atoms with Gasteiger partial charge in [-0.3, -0.25) is 9.89 Å². The third-order valence-electron chi connectivity index (χ3n) is 4.57. The van der Waals surface area contributed by atoms with E-state index < -0.39 is 0 Å². The Kier molecular flexibility index (Phi) is 4.38. The van der Waals surface area contributed by atoms with Gasteiger partial charge in [0.15, 0.2) is 5.76 Å². The number of rotatable bonds is 5. The number of ether oxygens (including phenoxy) is 1. The normalized spacial score (nSPS) is 10.9. The first-order valence-corrected chi connectivity index (χ1v) is 8.60. The van der Waals surface area contributed by atoms with Crippen LogP contribution >= 0.6 is 0 Å². The molecule has 6 heteroatoms. The standard InChI is InChI=1S/C21H19N3O3/c1-13-17-11-16(26-2)7-8-19(17)27-20(13)21(25)22-12-14-3-5-15(6-4-14)18-9-10-23-24-18/h3-11H,12H2,1-2H3,(H,22,25)(H,23,24). The van der Waals surface area contributed by atoms with E-state index in [4.69, 9.17) is 9.15 Å². The van der Waals surface area contributed by atoms with Crippen molar-refractivity contribution in [3.63, 3.8) is 0 Å². The average molecular weight is 361 g/mol. The van der Waals surface area contributed by atoms with Crippen LogP contribution in [0.15, 0.2) is 59.1 Å². The zero-order valence-electron chi connectivity index (χ0n) is 15.1. The molecule has 0 saturated carbocycles. The molecule has 136 valence electrons. The molecule has 0 spiro atoms. The number of nitrogens with one attached hydrogen (secondary N) is 2. The van der Waals surface area contributed by atoms with Gasteiger partial charge in [0.05, 0.1) is 12.8 Å². The highest BCUT2D eigenvalue weighted by Gasteiger charge is 2.17. The lowest BCUT2D eigenvalue weighted by Crippen LogP contribution is -2.22. The number of benzene rings is 2. The fraction of sp³-hybridized carbons (Fsp3) is 0.143. The predicted molar refractivity (Wildman–Crippen MR) is 103 cm³/mol. The molecule has 0 atom stereocenters. The molecule has 2 aromatic carbocycles. The summed E-state index contributed by atoms with van der Waals surface area (Å²) >= 11 is 0. The van der Waals surface area contributed by atoms with Gasteiger partial charge in [0.2, 0.25) is 0 Å². The summed E-state index contributed by atoms with van der Waals surface area (Å²) in [6.07, 6.45) is 1.72. The van der Waals surface area contributed by atoms with Crippen molar-refractivity contribution < 1.29 is 13.9 Å². The summed E-state index contributed by atoms with van der Waals surface area (Å²) in [6.45, 7) is 2.29. The van der Waals surface area contributed by atoms with Crippen LogP contribution in [0.4, 0.5) is 0 Å². The van der Waals surface area contributed by atoms with Gasteiger partial charge in [-0.15, -0.1) is 0 Å². The van der Waals surface area contributed by atoms with Crippen LogP contribution in [0.3, 0.4) is 0 Å². The van der Waals surface area contributed by atoms with E-state index in [1.54, 1.807) is 13.3 Å². The largest absolute Gasteiger partial charge is 0.497 e. The maximum Gasteiger partial charge on any atom is 0.287 e. The summed E-state index contributed by atoms with van der Waals surface area (Å²) in [5, 5.41) is 10.7. The van der Waals surface area contributed by atoms with E-state index in [-0.39, 0.29) is 5.91 Å². The van der Waals surface area contributed by atoms with Gasteiger partial charge in [-0.05, 0) is 42.3 Å². The second kappa shape index (κ2) is 6.99. The lowest BCUT2D eigenvalue weighted by Gasteiger charge is -2.05. The number of aryl methyl sites for hydroxylation is 1. The summed E-state index contributed by atoms with van der Waals surface area (Å²) < 4.78 is 11.0. The van der Waals surface area contributed by atoms with Crippen molar-refractivity contribution in [3.05, 3.63) is 71.6 Å². The molecule has 1 amide bonds. The molecule has 0 aliphatic heterocycles. The van der Waals surface area contributed by atoms with Crippen LogP contribution in [-0.4, -0.2) is 23.2 Å². The Hall–Kier alpha value is -3.54. The van der Waals surface area contributed by atoms with Gasteiger partial charge in [0.25, 0.3) is 5.91 Å². The smallest absolute Gasteiger partial charge is 0.287 e. The molecule has 0 bridgehead atoms. The van der Waals surface area contributed by atoms with Crippen molar-refractivity contribution in [2.24, 2.45) is 0 Å². The number of aromatic amines is 1. The highest BCUT2D eigenvalue weighted by molar-refractivity contribution is 5.99. The number of H-pyrrole nitrogens is 1. The SMILES string of the molecule is COc1ccc2oc(C(=O)NCc3ccc(-c4ccn[nH]4)cc3)c(C)c2c1. The monoisotopic (exact) mass is 361 g/mol. The zero-order chi connectivity index (χ0) is 18.8. The minimum absolute atomic E-state index is 0.236. The third-order valence-corrected chi connectivity index (χ3v) is 4.57. The lowest BCUT2D eigenvalue weighted by molar-refractivity contribution is 0.0924. The van der Waals surface area contributed by atoms with Gasteiger partial charge in [-0.2, -0.15) is 5.10 Å². The number of hydrogen-bond donors (Lipinski definition) is 2. The van der Waals surface area contributed by atoms with Gasteiger partial charge in [0, 0.05) is 23.7 Å². The second-order valence-corrected chi connectivity index (χ2v) is 6.27. The van der Waals surface area contributed by atoms with Gasteiger partial charge in [-0.25, -0.2) is 0 Å². The molecule has 0 unspecified atom stereocenters. The summed E-state index contributed by atoms with van der Waals surface area (Å²) in [7, 11) is 1.61. The summed E-state index contributed by atoms with van der Waals surface area (Å²) in [6, 6.07) is 15.4. The first kappa shape index (κ1) is 16.9. The second-order valence-electron chi connectivity index (χ2n) is 6.27. The summed E-state index contributed by atoms with van der Waals surface area (Å²) in [5.41, 5.74) is 4.48. The molecule has 2 heterocycles. The summed E-state index contributed by atoms with van der Waals surface area (Å²) in [5.74, 6) is 0.823. The van der Waals surface area contributed by atoms with E-state index in [2.05, 4.69) is 15.5 Å². The molecule has 2 aromatic heterocycles. The molecular formula is C21H19N3O3. The first-order valence-electron chi connectivity index (χ1n) is 8.60. The Morgan fingerprint density at radius 2 is 2.00 bits per heavy atom. The molecule has 0 saturated heterocycles. The van der Waals surface area contributed by atoms with Crippen molar-refractivity contribution in [2.75, 3.05) is 7.11 Å². The van der Waals surface area contributed by atoms with Crippen molar-refractivity contribution in [2.45, 2.75) is 13.5 Å². The Balaban J connectivity index is 1.48. The maximum absolute atomic E-state index is 12.6. The predicted octanol–water partition coefficient (Wildman–Crippen LogP) is 4.07. The fourth-order valence-corrected chi connectivity index (χ4v) is 3.03. The van der Waals surface area contributed by atoms with E-state index in [1.807, 2.05) is 55.5 Å². The van der Waals surface area contributed by atoms with Crippen LogP contribution in [0.25, 0.3) is 22.2 Å². The Bertz CT molecular complexity index is 1080. The molecule has 4 aromatic rings. The van der Waals surface area contributed by atoms with E-state index in [0.29, 0.717) is 17.9 Å². The molecule has 6 nitrogen and oxygen atoms in total. The summed E-state index contributed by atoms with van der Waals surface area (Å²) in [4.78, 5) is 12.6. The van der Waals surface area contributed by atoms with Crippen LogP contribution in [-0.2, 0) is 6.54 Å². The van der Waals surface area contributed by atoms with Crippen LogP contribution in [0, 0.1) is 6.92 Å². The van der Waals surface area contributed by atoms with Crippen molar-refractivity contribution >= 4 is 16.9 Å². The molecule has 0 aliphatic carbocycles. The Morgan fingerprint density at radius 1 is 1.19 bits per heavy atom. The third kappa shape index (κ3) is 3.29. The van der Waals surface area contributed by atoms with Crippen LogP contribution in [0.1, 0.15) is 21.7 Å². The molecule has 27 heavy (non-hydrogen) atoms. The molecule has 4 rings (SSSR count). The Morgan fingerprint density at radius 3 is 2.70 bits per heavy atom. The van der Waals surface area contributed by atoms with E-state index in [0.717, 1.165) is 33.5 Å². The molecule has 2 N–H and O–H groups in total. The van der Waals surface area contributed by atoms with E-state index in [9.17, 15) is 4.79 Å². The number of methoxy groups -OCH3 is 1. The number of nitrogens with zero attached hydrogens (tertiary/aromatic N) is 1. The van der Waals surface area contributed by atoms with E-state index in [1.165, 1.54) is 0 Å². The molecule has 0 fully saturated rings. The minimum Gasteiger partial charge on any atom is -0.497 e. The minimum atomic E-state index is -0.236. The van der Waals surface area contributed by atoms with E-state index >= 15 is 0 Å². The van der Waals surface area contributed by atoms with Crippen LogP contribution in [0.2, 0.25) is 0 Å². The maximum atomic E-state index is 12.6. The zero-order valence-corrected chi connectivity index (χ0v) is 15.1. The van der Waals surface area contributed by atoms with Gasteiger partial charge < -0.3 is 14.5 Å².